The van der Waals surface area contributed by atoms with Gasteiger partial charge in [0.1, 0.15) is 11.4 Å². The van der Waals surface area contributed by atoms with Crippen LogP contribution in [0.1, 0.15) is 16.2 Å². The maximum absolute atomic E-state index is 12.4. The molecule has 0 unspecified atom stereocenters. The second-order valence-corrected chi connectivity index (χ2v) is 4.95. The second-order valence-electron chi connectivity index (χ2n) is 4.95. The first kappa shape index (κ1) is 13.3. The smallest absolute Gasteiger partial charge is 0.229 e. The van der Waals surface area contributed by atoms with Gasteiger partial charge in [0.15, 0.2) is 11.2 Å². The lowest BCUT2D eigenvalue weighted by Crippen LogP contribution is -2.05. The number of hydrogen-bond acceptors (Lipinski definition) is 5. The van der Waals surface area contributed by atoms with Crippen LogP contribution in [0.5, 0.6) is 0 Å². The fourth-order valence-corrected chi connectivity index (χ4v) is 2.28. The predicted molar refractivity (Wildman–Crippen MR) is 84.9 cm³/mol. The first-order valence-electron chi connectivity index (χ1n) is 7.10. The van der Waals surface area contributed by atoms with E-state index in [0.29, 0.717) is 28.5 Å². The largest absolute Gasteiger partial charge is 0.434 e. The van der Waals surface area contributed by atoms with E-state index < -0.39 is 0 Å². The summed E-state index contributed by atoms with van der Waals surface area (Å²) >= 11 is 0. The normalized spacial score (nSPS) is 10.8. The van der Waals surface area contributed by atoms with Gasteiger partial charge in [-0.05, 0) is 36.4 Å². The molecule has 5 heteroatoms. The van der Waals surface area contributed by atoms with E-state index in [4.69, 9.17) is 4.42 Å². The monoisotopic (exact) mass is 301 g/mol. The quantitative estimate of drug-likeness (QED) is 0.542. The van der Waals surface area contributed by atoms with E-state index in [-0.39, 0.29) is 5.78 Å². The minimum absolute atomic E-state index is 0.239. The maximum Gasteiger partial charge on any atom is 0.229 e. The molecule has 3 heterocycles. The predicted octanol–water partition coefficient (Wildman–Crippen LogP) is 3.52. The van der Waals surface area contributed by atoms with Crippen LogP contribution in [0.2, 0.25) is 0 Å². The number of carbonyl (C=O) groups is 1. The minimum atomic E-state index is -0.239. The van der Waals surface area contributed by atoms with Crippen molar-refractivity contribution in [2.75, 3.05) is 0 Å². The highest BCUT2D eigenvalue weighted by Gasteiger charge is 2.15. The number of fused-ring (bicyclic) bond motifs is 1. The topological polar surface area (TPSA) is 68.9 Å². The Morgan fingerprint density at radius 1 is 0.826 bits per heavy atom. The first-order valence-corrected chi connectivity index (χ1v) is 7.10. The van der Waals surface area contributed by atoms with Crippen molar-refractivity contribution in [3.63, 3.8) is 0 Å². The van der Waals surface area contributed by atoms with Gasteiger partial charge >= 0.3 is 0 Å². The number of oxazole rings is 1. The van der Waals surface area contributed by atoms with Crippen molar-refractivity contribution in [1.82, 2.24) is 15.0 Å². The third kappa shape index (κ3) is 2.48. The van der Waals surface area contributed by atoms with E-state index in [0.717, 1.165) is 5.56 Å². The van der Waals surface area contributed by atoms with Crippen LogP contribution in [-0.4, -0.2) is 20.7 Å². The Hall–Kier alpha value is -3.34. The molecule has 3 aromatic heterocycles. The molecule has 0 bridgehead atoms. The molecule has 5 nitrogen and oxygen atoms in total. The summed E-state index contributed by atoms with van der Waals surface area (Å²) in [5.74, 6) is 0.243. The number of aromatic nitrogens is 3. The summed E-state index contributed by atoms with van der Waals surface area (Å²) in [6.07, 6.45) is 1.58. The molecule has 4 rings (SSSR count). The van der Waals surface area contributed by atoms with Crippen molar-refractivity contribution in [2.45, 2.75) is 0 Å². The molecule has 0 spiro atoms. The van der Waals surface area contributed by atoms with E-state index >= 15 is 0 Å². The van der Waals surface area contributed by atoms with Crippen LogP contribution in [0, 0.1) is 0 Å². The Balaban J connectivity index is 1.75. The summed E-state index contributed by atoms with van der Waals surface area (Å²) in [4.78, 5) is 25.1. The van der Waals surface area contributed by atoms with Gasteiger partial charge in [-0.3, -0.25) is 9.78 Å². The van der Waals surface area contributed by atoms with Gasteiger partial charge in [-0.2, -0.15) is 4.98 Å². The average Bonchev–Trinajstić information content (AvgIpc) is 3.06. The molecule has 0 atom stereocenters. The SMILES string of the molecule is O=C(c1ccccn1)c1ccc2oc(-c3ccccc3)nc2n1. The molecule has 0 radical (unpaired) electrons. The molecule has 0 aliphatic carbocycles. The lowest BCUT2D eigenvalue weighted by Gasteiger charge is -1.98. The Kier molecular flexibility index (Phi) is 3.16. The highest BCUT2D eigenvalue weighted by molar-refractivity contribution is 6.07. The van der Waals surface area contributed by atoms with E-state index in [1.807, 2.05) is 30.3 Å². The van der Waals surface area contributed by atoms with Crippen LogP contribution in [0.3, 0.4) is 0 Å². The molecule has 1 aromatic carbocycles. The molecule has 0 saturated heterocycles. The molecule has 0 amide bonds. The van der Waals surface area contributed by atoms with Gasteiger partial charge in [0.2, 0.25) is 11.7 Å². The lowest BCUT2D eigenvalue weighted by molar-refractivity contribution is 0.103. The van der Waals surface area contributed by atoms with E-state index in [2.05, 4.69) is 15.0 Å². The summed E-state index contributed by atoms with van der Waals surface area (Å²) < 4.78 is 5.69. The Morgan fingerprint density at radius 3 is 2.43 bits per heavy atom. The Morgan fingerprint density at radius 2 is 1.65 bits per heavy atom. The van der Waals surface area contributed by atoms with Gasteiger partial charge in [-0.25, -0.2) is 4.98 Å². The fraction of sp³-hybridized carbons (Fsp3) is 0. The summed E-state index contributed by atoms with van der Waals surface area (Å²) in [5, 5.41) is 0. The lowest BCUT2D eigenvalue weighted by atomic mass is 10.2. The van der Waals surface area contributed by atoms with Gasteiger partial charge in [0.05, 0.1) is 0 Å². The van der Waals surface area contributed by atoms with Crippen LogP contribution in [0.15, 0.2) is 71.3 Å². The molecular weight excluding hydrogens is 290 g/mol. The van der Waals surface area contributed by atoms with Gasteiger partial charge in [0.25, 0.3) is 0 Å². The zero-order valence-corrected chi connectivity index (χ0v) is 12.0. The number of carbonyl (C=O) groups excluding carboxylic acids is 1. The Bertz CT molecular complexity index is 979. The second kappa shape index (κ2) is 5.46. The molecule has 0 saturated carbocycles. The minimum Gasteiger partial charge on any atom is -0.434 e. The van der Waals surface area contributed by atoms with Gasteiger partial charge in [0, 0.05) is 11.8 Å². The highest BCUT2D eigenvalue weighted by Crippen LogP contribution is 2.23. The third-order valence-electron chi connectivity index (χ3n) is 3.40. The van der Waals surface area contributed by atoms with Gasteiger partial charge in [-0.15, -0.1) is 0 Å². The number of hydrogen-bond donors (Lipinski definition) is 0. The van der Waals surface area contributed by atoms with E-state index in [1.54, 1.807) is 36.5 Å². The summed E-state index contributed by atoms with van der Waals surface area (Å²) in [5.41, 5.74) is 2.46. The molecule has 0 aliphatic heterocycles. The number of pyridine rings is 2. The summed E-state index contributed by atoms with van der Waals surface area (Å²) in [7, 11) is 0. The van der Waals surface area contributed by atoms with Crippen molar-refractivity contribution in [3.8, 4) is 11.5 Å². The van der Waals surface area contributed by atoms with Crippen molar-refractivity contribution in [1.29, 1.82) is 0 Å². The summed E-state index contributed by atoms with van der Waals surface area (Å²) in [6.45, 7) is 0. The summed E-state index contributed by atoms with van der Waals surface area (Å²) in [6, 6.07) is 18.1. The number of ketones is 1. The molecule has 0 N–H and O–H groups in total. The highest BCUT2D eigenvalue weighted by atomic mass is 16.3. The van der Waals surface area contributed by atoms with Gasteiger partial charge in [-0.1, -0.05) is 24.3 Å². The number of nitrogens with zero attached hydrogens (tertiary/aromatic N) is 3. The van der Waals surface area contributed by atoms with Crippen molar-refractivity contribution >= 4 is 17.0 Å². The van der Waals surface area contributed by atoms with Crippen LogP contribution in [0.25, 0.3) is 22.7 Å². The molecular formula is C18H11N3O2. The zero-order chi connectivity index (χ0) is 15.6. The molecule has 0 fully saturated rings. The van der Waals surface area contributed by atoms with E-state index in [1.165, 1.54) is 0 Å². The van der Waals surface area contributed by atoms with E-state index in [9.17, 15) is 4.79 Å². The van der Waals surface area contributed by atoms with Crippen LogP contribution in [-0.2, 0) is 0 Å². The molecule has 110 valence electrons. The Labute approximate surface area is 131 Å². The van der Waals surface area contributed by atoms with Crippen molar-refractivity contribution in [3.05, 3.63) is 78.2 Å². The van der Waals surface area contributed by atoms with Crippen LogP contribution >= 0.6 is 0 Å². The van der Waals surface area contributed by atoms with Crippen LogP contribution in [0.4, 0.5) is 0 Å². The average molecular weight is 301 g/mol. The number of benzene rings is 1. The molecule has 4 aromatic rings. The fourth-order valence-electron chi connectivity index (χ4n) is 2.28. The molecule has 0 aliphatic rings. The van der Waals surface area contributed by atoms with Crippen molar-refractivity contribution < 1.29 is 9.21 Å². The van der Waals surface area contributed by atoms with Crippen molar-refractivity contribution in [2.24, 2.45) is 0 Å². The van der Waals surface area contributed by atoms with Gasteiger partial charge < -0.3 is 4.42 Å². The zero-order valence-electron chi connectivity index (χ0n) is 12.0. The first-order chi connectivity index (χ1) is 11.3. The third-order valence-corrected chi connectivity index (χ3v) is 3.40. The van der Waals surface area contributed by atoms with Crippen LogP contribution < -0.4 is 0 Å². The number of rotatable bonds is 3. The standard InChI is InChI=1S/C18H11N3O2/c22-16(13-8-4-5-11-19-13)14-9-10-15-17(20-14)21-18(23-15)12-6-2-1-3-7-12/h1-11H. The maximum atomic E-state index is 12.4. The molecule has 23 heavy (non-hydrogen) atoms.